The van der Waals surface area contributed by atoms with Gasteiger partial charge in [-0.15, -0.1) is 24.8 Å². The number of rotatable bonds is 4. The molecule has 2 aliphatic carbocycles. The predicted molar refractivity (Wildman–Crippen MR) is 115 cm³/mol. The zero-order valence-corrected chi connectivity index (χ0v) is 18.6. The Balaban J connectivity index is 0.00000107. The first-order valence-corrected chi connectivity index (χ1v) is 9.67. The number of hydrogen-bond donors (Lipinski definition) is 3. The fourth-order valence-corrected chi connectivity index (χ4v) is 6.57. The number of carbonyl (C=O) groups is 1. The smallest absolute Gasteiger partial charge is 0.317 e. The summed E-state index contributed by atoms with van der Waals surface area (Å²) >= 11 is 0. The van der Waals surface area contributed by atoms with Crippen LogP contribution in [0.5, 0.6) is 11.5 Å². The number of ether oxygens (including phenoxy) is 2. The van der Waals surface area contributed by atoms with Crippen molar-refractivity contribution in [1.82, 2.24) is 10.2 Å². The van der Waals surface area contributed by atoms with Crippen LogP contribution in [0.2, 0.25) is 0 Å². The van der Waals surface area contributed by atoms with E-state index in [9.17, 15) is 9.90 Å². The van der Waals surface area contributed by atoms with E-state index in [1.54, 1.807) is 13.2 Å². The van der Waals surface area contributed by atoms with Crippen molar-refractivity contribution in [2.75, 3.05) is 27.2 Å². The van der Waals surface area contributed by atoms with Crippen molar-refractivity contribution in [3.05, 3.63) is 23.3 Å². The van der Waals surface area contributed by atoms with Crippen molar-refractivity contribution >= 4 is 30.8 Å². The first-order valence-electron chi connectivity index (χ1n) is 9.67. The van der Waals surface area contributed by atoms with E-state index in [0.717, 1.165) is 37.8 Å². The Labute approximate surface area is 188 Å². The lowest BCUT2D eigenvalue weighted by atomic mass is 9.48. The Morgan fingerprint density at radius 2 is 2.10 bits per heavy atom. The van der Waals surface area contributed by atoms with Gasteiger partial charge in [0.05, 0.1) is 17.6 Å². The average molecular weight is 465 g/mol. The minimum Gasteiger partial charge on any atom is -0.504 e. The van der Waals surface area contributed by atoms with E-state index >= 15 is 0 Å². The molecule has 0 radical (unpaired) electrons. The summed E-state index contributed by atoms with van der Waals surface area (Å²) in [7, 11) is 3.95. The molecule has 170 valence electrons. The number of benzene rings is 1. The lowest BCUT2D eigenvalue weighted by molar-refractivity contribution is -0.203. The summed E-state index contributed by atoms with van der Waals surface area (Å²) in [5.74, 6) is -0.136. The molecule has 1 spiro atoms. The van der Waals surface area contributed by atoms with Gasteiger partial charge in [0.15, 0.2) is 11.5 Å². The summed E-state index contributed by atoms with van der Waals surface area (Å²) in [4.78, 5) is 13.5. The lowest BCUT2D eigenvalue weighted by Gasteiger charge is -2.65. The van der Waals surface area contributed by atoms with Crippen LogP contribution in [0.25, 0.3) is 0 Å². The second-order valence-electron chi connectivity index (χ2n) is 8.42. The minimum atomic E-state index is -0.875. The molecular formula is C20H30Cl2N2O6. The van der Waals surface area contributed by atoms with E-state index in [0.29, 0.717) is 5.75 Å². The van der Waals surface area contributed by atoms with E-state index in [-0.39, 0.29) is 66.2 Å². The van der Waals surface area contributed by atoms with Gasteiger partial charge in [0.1, 0.15) is 6.10 Å². The quantitative estimate of drug-likeness (QED) is 0.604. The molecule has 2 bridgehead atoms. The number of likely N-dealkylation sites (N-methyl/N-ethyl adjacent to an activating group) is 1. The molecule has 1 aromatic rings. The highest BCUT2D eigenvalue weighted by Gasteiger charge is 2.73. The standard InChI is InChI=1S/C20H26N2O5.2ClH.H2O/c1-22-8-7-19-16-11-3-4-13(23)17(16)27-18(19)12(21-10-15(24)25)5-6-20(19,26-2)14(22)9-11;;;/h3-4,12,14,18,21,23H,5-10H2,1-2H3,(H,24,25);2*1H;1H2/t12-,14-,18+,19+,20-;;;/m1.../s1. The number of likely N-dealkylation sites (tertiary alicyclic amines) is 1. The maximum absolute atomic E-state index is 11.1. The SMILES string of the molecule is CO[C@@]12CC[C@@H](NCC(=O)O)[C@@H]3Oc4c(O)ccc5c4[C@@]31CCN(C)[C@@H]2C5.Cl.Cl.O. The van der Waals surface area contributed by atoms with Crippen molar-refractivity contribution < 1.29 is 30.0 Å². The highest BCUT2D eigenvalue weighted by atomic mass is 35.5. The molecule has 30 heavy (non-hydrogen) atoms. The zero-order chi connectivity index (χ0) is 19.0. The molecule has 5 atom stereocenters. The molecule has 4 aliphatic rings. The fraction of sp³-hybridized carbons (Fsp3) is 0.650. The Kier molecular flexibility index (Phi) is 6.94. The molecule has 8 nitrogen and oxygen atoms in total. The number of aromatic hydroxyl groups is 1. The molecule has 10 heteroatoms. The first-order chi connectivity index (χ1) is 12.9. The van der Waals surface area contributed by atoms with Gasteiger partial charge < -0.3 is 35.4 Å². The largest absolute Gasteiger partial charge is 0.504 e. The van der Waals surface area contributed by atoms with Gasteiger partial charge in [0.2, 0.25) is 0 Å². The first kappa shape index (κ1) is 25.0. The number of hydrogen-bond acceptors (Lipinski definition) is 6. The summed E-state index contributed by atoms with van der Waals surface area (Å²) in [5.41, 5.74) is 1.56. The zero-order valence-electron chi connectivity index (χ0n) is 17.0. The molecule has 5 rings (SSSR count). The molecule has 2 heterocycles. The van der Waals surface area contributed by atoms with E-state index in [1.807, 2.05) is 6.07 Å². The highest BCUT2D eigenvalue weighted by molar-refractivity contribution is 5.85. The summed E-state index contributed by atoms with van der Waals surface area (Å²) in [5, 5.41) is 22.9. The predicted octanol–water partition coefficient (Wildman–Crippen LogP) is 0.892. The molecule has 1 aromatic carbocycles. The number of carboxylic acids is 1. The third kappa shape index (κ3) is 2.85. The van der Waals surface area contributed by atoms with Crippen LogP contribution < -0.4 is 10.1 Å². The van der Waals surface area contributed by atoms with Crippen LogP contribution in [0.1, 0.15) is 30.4 Å². The maximum Gasteiger partial charge on any atom is 0.317 e. The molecule has 2 aliphatic heterocycles. The van der Waals surface area contributed by atoms with E-state index < -0.39 is 11.6 Å². The third-order valence-electron chi connectivity index (χ3n) is 7.57. The number of halogens is 2. The molecule has 0 aromatic heterocycles. The monoisotopic (exact) mass is 464 g/mol. The van der Waals surface area contributed by atoms with Gasteiger partial charge in [0.25, 0.3) is 0 Å². The van der Waals surface area contributed by atoms with Crippen LogP contribution in [0.15, 0.2) is 12.1 Å². The Hall–Kier alpha value is -1.29. The summed E-state index contributed by atoms with van der Waals surface area (Å²) in [6, 6.07) is 3.89. The van der Waals surface area contributed by atoms with Gasteiger partial charge >= 0.3 is 5.97 Å². The van der Waals surface area contributed by atoms with Crippen LogP contribution in [0.3, 0.4) is 0 Å². The second kappa shape index (κ2) is 8.33. The van der Waals surface area contributed by atoms with Crippen LogP contribution in [-0.2, 0) is 21.4 Å². The Morgan fingerprint density at radius 1 is 1.37 bits per heavy atom. The molecular weight excluding hydrogens is 435 g/mol. The van der Waals surface area contributed by atoms with Gasteiger partial charge in [-0.2, -0.15) is 0 Å². The number of carboxylic acid groups (broad SMARTS) is 1. The molecule has 0 amide bonds. The van der Waals surface area contributed by atoms with Crippen LogP contribution in [0, 0.1) is 0 Å². The van der Waals surface area contributed by atoms with Crippen LogP contribution in [-0.4, -0.2) is 77.6 Å². The fourth-order valence-electron chi connectivity index (χ4n) is 6.57. The number of nitrogens with one attached hydrogen (secondary N) is 1. The number of phenols is 1. The molecule has 2 fully saturated rings. The van der Waals surface area contributed by atoms with Crippen molar-refractivity contribution in [2.24, 2.45) is 0 Å². The molecule has 0 unspecified atom stereocenters. The minimum absolute atomic E-state index is 0. The number of phenolic OH excluding ortho intramolecular Hbond substituents is 1. The van der Waals surface area contributed by atoms with Gasteiger partial charge in [-0.3, -0.25) is 4.79 Å². The van der Waals surface area contributed by atoms with Crippen molar-refractivity contribution in [1.29, 1.82) is 0 Å². The van der Waals surface area contributed by atoms with Crippen molar-refractivity contribution in [2.45, 2.75) is 54.9 Å². The van der Waals surface area contributed by atoms with Crippen LogP contribution in [0.4, 0.5) is 0 Å². The van der Waals surface area contributed by atoms with Gasteiger partial charge in [0, 0.05) is 24.8 Å². The summed E-state index contributed by atoms with van der Waals surface area (Å²) < 4.78 is 12.8. The van der Waals surface area contributed by atoms with Gasteiger partial charge in [-0.05, 0) is 50.9 Å². The summed E-state index contributed by atoms with van der Waals surface area (Å²) in [6.07, 6.45) is 3.11. The molecule has 1 saturated heterocycles. The normalized spacial score (nSPS) is 35.1. The molecule has 1 saturated carbocycles. The van der Waals surface area contributed by atoms with E-state index in [2.05, 4.69) is 17.3 Å². The second-order valence-corrected chi connectivity index (χ2v) is 8.42. The van der Waals surface area contributed by atoms with Crippen molar-refractivity contribution in [3.8, 4) is 11.5 Å². The third-order valence-corrected chi connectivity index (χ3v) is 7.57. The summed E-state index contributed by atoms with van der Waals surface area (Å²) in [6.45, 7) is 0.828. The lowest BCUT2D eigenvalue weighted by Crippen LogP contribution is -2.78. The van der Waals surface area contributed by atoms with Crippen molar-refractivity contribution in [3.63, 3.8) is 0 Å². The number of nitrogens with zero attached hydrogens (tertiary/aromatic N) is 1. The van der Waals surface area contributed by atoms with E-state index in [4.69, 9.17) is 14.6 Å². The van der Waals surface area contributed by atoms with Gasteiger partial charge in [-0.1, -0.05) is 6.07 Å². The van der Waals surface area contributed by atoms with Gasteiger partial charge in [-0.25, -0.2) is 0 Å². The van der Waals surface area contributed by atoms with E-state index in [1.165, 1.54) is 5.56 Å². The topological polar surface area (TPSA) is 123 Å². The average Bonchev–Trinajstić information content (AvgIpc) is 3.01. The molecule has 5 N–H and O–H groups in total. The highest BCUT2D eigenvalue weighted by Crippen LogP contribution is 2.66. The Morgan fingerprint density at radius 3 is 2.77 bits per heavy atom. The number of piperidine rings is 1. The number of aliphatic carboxylic acids is 1. The number of methoxy groups -OCH3 is 1. The Bertz CT molecular complexity index is 827. The maximum atomic E-state index is 11.1. The van der Waals surface area contributed by atoms with Crippen LogP contribution >= 0.6 is 24.8 Å².